The van der Waals surface area contributed by atoms with Crippen LogP contribution in [-0.2, 0) is 0 Å². The van der Waals surface area contributed by atoms with Crippen LogP contribution in [-0.4, -0.2) is 16.4 Å². The highest BCUT2D eigenvalue weighted by atomic mass is 32.2. The molecule has 1 N–H and O–H groups in total. The van der Waals surface area contributed by atoms with Gasteiger partial charge in [0, 0.05) is 23.4 Å². The normalized spacial score (nSPS) is 16.2. The molecule has 0 fully saturated rings. The number of fused-ring (bicyclic) bond motifs is 1. The first-order valence-corrected chi connectivity index (χ1v) is 7.30. The molecule has 0 aliphatic carbocycles. The molecule has 96 valence electrons. The van der Waals surface area contributed by atoms with Gasteiger partial charge in [-0.2, -0.15) is 5.10 Å². The van der Waals surface area contributed by atoms with Gasteiger partial charge in [0.15, 0.2) is 0 Å². The molecule has 19 heavy (non-hydrogen) atoms. The Hall–Kier alpha value is -1.81. The summed E-state index contributed by atoms with van der Waals surface area (Å²) in [5.41, 5.74) is 7.43. The highest BCUT2D eigenvalue weighted by Gasteiger charge is 2.17. The van der Waals surface area contributed by atoms with E-state index in [1.807, 2.05) is 55.1 Å². The number of rotatable bonds is 2. The first kappa shape index (κ1) is 12.2. The van der Waals surface area contributed by atoms with Crippen molar-refractivity contribution in [3.05, 3.63) is 53.7 Å². The molecule has 4 heteroatoms. The summed E-state index contributed by atoms with van der Waals surface area (Å²) in [5.74, 6) is 1.04. The van der Waals surface area contributed by atoms with E-state index in [-0.39, 0.29) is 0 Å². The van der Waals surface area contributed by atoms with Crippen LogP contribution in [0.5, 0.6) is 0 Å². The third kappa shape index (κ3) is 2.79. The minimum absolute atomic E-state index is 0.974. The Morgan fingerprint density at radius 2 is 2.00 bits per heavy atom. The summed E-state index contributed by atoms with van der Waals surface area (Å²) >= 11 is 1.81. The van der Waals surface area contributed by atoms with Gasteiger partial charge in [0.05, 0.1) is 11.4 Å². The standard InChI is InChI=1S/C15H15N3S/c1-11-7-8-13-14(9-10-19-15(13)16-11)18-17-12-5-3-2-4-6-12/h2-8,17H,9-10H2,1H3/b18-14+. The summed E-state index contributed by atoms with van der Waals surface area (Å²) in [6.07, 6.45) is 0.974. The van der Waals surface area contributed by atoms with E-state index in [1.165, 1.54) is 0 Å². The van der Waals surface area contributed by atoms with Gasteiger partial charge in [-0.1, -0.05) is 18.2 Å². The van der Waals surface area contributed by atoms with E-state index in [0.717, 1.165) is 39.9 Å². The summed E-state index contributed by atoms with van der Waals surface area (Å²) in [6.45, 7) is 2.02. The summed E-state index contributed by atoms with van der Waals surface area (Å²) in [5, 5.41) is 5.63. The number of aryl methyl sites for hydroxylation is 1. The molecule has 1 aliphatic rings. The molecule has 1 aromatic carbocycles. The lowest BCUT2D eigenvalue weighted by atomic mass is 10.1. The van der Waals surface area contributed by atoms with E-state index in [9.17, 15) is 0 Å². The molecule has 3 rings (SSSR count). The quantitative estimate of drug-likeness (QED) is 0.845. The van der Waals surface area contributed by atoms with Gasteiger partial charge in [-0.15, -0.1) is 11.8 Å². The largest absolute Gasteiger partial charge is 0.278 e. The number of para-hydroxylation sites is 1. The van der Waals surface area contributed by atoms with E-state index >= 15 is 0 Å². The van der Waals surface area contributed by atoms with Crippen molar-refractivity contribution in [2.24, 2.45) is 5.10 Å². The molecule has 0 radical (unpaired) electrons. The predicted molar refractivity (Wildman–Crippen MR) is 80.9 cm³/mol. The number of nitrogens with one attached hydrogen (secondary N) is 1. The second-order valence-electron chi connectivity index (χ2n) is 4.44. The predicted octanol–water partition coefficient (Wildman–Crippen LogP) is 3.70. The number of thioether (sulfide) groups is 1. The first-order valence-electron chi connectivity index (χ1n) is 6.31. The lowest BCUT2D eigenvalue weighted by Crippen LogP contribution is -2.13. The van der Waals surface area contributed by atoms with Crippen molar-refractivity contribution in [1.29, 1.82) is 0 Å². The zero-order chi connectivity index (χ0) is 13.1. The van der Waals surface area contributed by atoms with Crippen LogP contribution in [0.15, 0.2) is 52.6 Å². The van der Waals surface area contributed by atoms with Crippen LogP contribution in [0, 0.1) is 6.92 Å². The summed E-state index contributed by atoms with van der Waals surface area (Å²) in [7, 11) is 0. The second kappa shape index (κ2) is 5.45. The summed E-state index contributed by atoms with van der Waals surface area (Å²) < 4.78 is 0. The van der Waals surface area contributed by atoms with Crippen LogP contribution in [0.1, 0.15) is 17.7 Å². The minimum atomic E-state index is 0.974. The molecule has 0 saturated carbocycles. The molecule has 1 aromatic heterocycles. The second-order valence-corrected chi connectivity index (χ2v) is 5.52. The number of benzene rings is 1. The van der Waals surface area contributed by atoms with Crippen LogP contribution in [0.4, 0.5) is 5.69 Å². The summed E-state index contributed by atoms with van der Waals surface area (Å²) in [4.78, 5) is 4.57. The maximum Gasteiger partial charge on any atom is 0.105 e. The Kier molecular flexibility index (Phi) is 3.51. The zero-order valence-electron chi connectivity index (χ0n) is 10.8. The third-order valence-electron chi connectivity index (χ3n) is 2.98. The van der Waals surface area contributed by atoms with Crippen LogP contribution < -0.4 is 5.43 Å². The maximum absolute atomic E-state index is 4.57. The maximum atomic E-state index is 4.57. The average molecular weight is 269 g/mol. The van der Waals surface area contributed by atoms with Gasteiger partial charge in [-0.05, 0) is 31.2 Å². The van der Waals surface area contributed by atoms with Crippen molar-refractivity contribution in [3.63, 3.8) is 0 Å². The van der Waals surface area contributed by atoms with Crippen molar-refractivity contribution >= 4 is 23.2 Å². The molecule has 0 bridgehead atoms. The Labute approximate surface area is 117 Å². The third-order valence-corrected chi connectivity index (χ3v) is 3.97. The van der Waals surface area contributed by atoms with Crippen LogP contribution in [0.25, 0.3) is 0 Å². The molecule has 0 spiro atoms. The van der Waals surface area contributed by atoms with Gasteiger partial charge in [-0.3, -0.25) is 5.43 Å². The van der Waals surface area contributed by atoms with E-state index in [0.29, 0.717) is 0 Å². The molecule has 0 saturated heterocycles. The number of hydrogen-bond acceptors (Lipinski definition) is 4. The Bertz CT molecular complexity index is 608. The van der Waals surface area contributed by atoms with Gasteiger partial charge in [0.1, 0.15) is 5.03 Å². The van der Waals surface area contributed by atoms with Crippen LogP contribution in [0.3, 0.4) is 0 Å². The smallest absolute Gasteiger partial charge is 0.105 e. The fourth-order valence-corrected chi connectivity index (χ4v) is 3.04. The van der Waals surface area contributed by atoms with Crippen molar-refractivity contribution in [2.45, 2.75) is 18.4 Å². The summed E-state index contributed by atoms with van der Waals surface area (Å²) in [6, 6.07) is 14.2. The molecule has 0 unspecified atom stereocenters. The van der Waals surface area contributed by atoms with Crippen LogP contribution >= 0.6 is 11.8 Å². The molecule has 1 aliphatic heterocycles. The minimum Gasteiger partial charge on any atom is -0.278 e. The Balaban J connectivity index is 1.87. The van der Waals surface area contributed by atoms with E-state index in [1.54, 1.807) is 0 Å². The van der Waals surface area contributed by atoms with Crippen molar-refractivity contribution < 1.29 is 0 Å². The topological polar surface area (TPSA) is 37.3 Å². The number of hydrazone groups is 1. The molecule has 2 aromatic rings. The molecule has 0 amide bonds. The zero-order valence-corrected chi connectivity index (χ0v) is 11.6. The van der Waals surface area contributed by atoms with Crippen LogP contribution in [0.2, 0.25) is 0 Å². The lowest BCUT2D eigenvalue weighted by Gasteiger charge is -2.16. The fourth-order valence-electron chi connectivity index (χ4n) is 2.00. The monoisotopic (exact) mass is 269 g/mol. The van der Waals surface area contributed by atoms with Gasteiger partial charge in [0.25, 0.3) is 0 Å². The Morgan fingerprint density at radius 3 is 2.84 bits per heavy atom. The number of nitrogens with zero attached hydrogens (tertiary/aromatic N) is 2. The van der Waals surface area contributed by atoms with E-state index in [2.05, 4.69) is 21.6 Å². The van der Waals surface area contributed by atoms with Gasteiger partial charge >= 0.3 is 0 Å². The number of hydrogen-bond donors (Lipinski definition) is 1. The van der Waals surface area contributed by atoms with Crippen molar-refractivity contribution in [1.82, 2.24) is 4.98 Å². The number of aromatic nitrogens is 1. The average Bonchev–Trinajstić information content (AvgIpc) is 2.45. The van der Waals surface area contributed by atoms with Gasteiger partial charge in [0.2, 0.25) is 0 Å². The molecule has 0 atom stereocenters. The van der Waals surface area contributed by atoms with E-state index in [4.69, 9.17) is 0 Å². The molecular formula is C15H15N3S. The van der Waals surface area contributed by atoms with Gasteiger partial charge in [-0.25, -0.2) is 4.98 Å². The highest BCUT2D eigenvalue weighted by molar-refractivity contribution is 7.99. The van der Waals surface area contributed by atoms with E-state index < -0.39 is 0 Å². The van der Waals surface area contributed by atoms with Crippen molar-refractivity contribution in [2.75, 3.05) is 11.2 Å². The lowest BCUT2D eigenvalue weighted by molar-refractivity contribution is 1.03. The molecular weight excluding hydrogens is 254 g/mol. The Morgan fingerprint density at radius 1 is 1.16 bits per heavy atom. The highest BCUT2D eigenvalue weighted by Crippen LogP contribution is 2.28. The number of anilines is 1. The van der Waals surface area contributed by atoms with Crippen molar-refractivity contribution in [3.8, 4) is 0 Å². The number of pyridine rings is 1. The fraction of sp³-hybridized carbons (Fsp3) is 0.200. The molecule has 2 heterocycles. The SMILES string of the molecule is Cc1ccc2c(n1)SCC/C2=N\Nc1ccccc1. The molecule has 3 nitrogen and oxygen atoms in total. The first-order chi connectivity index (χ1) is 9.33. The van der Waals surface area contributed by atoms with Gasteiger partial charge < -0.3 is 0 Å².